The van der Waals surface area contributed by atoms with E-state index < -0.39 is 0 Å². The predicted molar refractivity (Wildman–Crippen MR) is 128 cm³/mol. The SMILES string of the molecule is CCC(C1CCC(C2CCC(C=O)CC2)CC1)C1CCC(C2CCC(C=O)CC2)CC1. The zero-order chi connectivity index (χ0) is 21.6. The molecule has 4 aliphatic carbocycles. The van der Waals surface area contributed by atoms with E-state index >= 15 is 0 Å². The molecule has 0 N–H and O–H groups in total. The van der Waals surface area contributed by atoms with Gasteiger partial charge in [0.05, 0.1) is 0 Å². The molecular weight excluding hydrogens is 380 g/mol. The Morgan fingerprint density at radius 1 is 0.516 bits per heavy atom. The van der Waals surface area contributed by atoms with E-state index in [1.54, 1.807) is 0 Å². The van der Waals surface area contributed by atoms with Crippen LogP contribution < -0.4 is 0 Å². The third-order valence-corrected chi connectivity index (χ3v) is 10.7. The monoisotopic (exact) mass is 428 g/mol. The van der Waals surface area contributed by atoms with Crippen LogP contribution in [0, 0.1) is 53.3 Å². The van der Waals surface area contributed by atoms with Crippen molar-refractivity contribution in [2.75, 3.05) is 0 Å². The molecule has 4 saturated carbocycles. The van der Waals surface area contributed by atoms with Gasteiger partial charge in [0.25, 0.3) is 0 Å². The van der Waals surface area contributed by atoms with Crippen molar-refractivity contribution in [2.24, 2.45) is 53.3 Å². The van der Waals surface area contributed by atoms with Crippen molar-refractivity contribution in [3.05, 3.63) is 0 Å². The van der Waals surface area contributed by atoms with Crippen LogP contribution in [0.3, 0.4) is 0 Å². The molecule has 31 heavy (non-hydrogen) atoms. The van der Waals surface area contributed by atoms with Crippen LogP contribution in [0.15, 0.2) is 0 Å². The lowest BCUT2D eigenvalue weighted by Crippen LogP contribution is -2.33. The van der Waals surface area contributed by atoms with Gasteiger partial charge in [0.15, 0.2) is 0 Å². The molecule has 0 aromatic heterocycles. The van der Waals surface area contributed by atoms with Gasteiger partial charge in [0.1, 0.15) is 12.6 Å². The molecule has 0 unspecified atom stereocenters. The minimum atomic E-state index is 0.368. The Hall–Kier alpha value is -0.660. The highest BCUT2D eigenvalue weighted by atomic mass is 16.1. The molecule has 0 aromatic rings. The molecule has 0 atom stereocenters. The molecule has 0 aliphatic heterocycles. The Balaban J connectivity index is 1.20. The van der Waals surface area contributed by atoms with Gasteiger partial charge in [-0.25, -0.2) is 0 Å². The van der Waals surface area contributed by atoms with Gasteiger partial charge in [0.2, 0.25) is 0 Å². The summed E-state index contributed by atoms with van der Waals surface area (Å²) in [4.78, 5) is 22.1. The highest BCUT2D eigenvalue weighted by Crippen LogP contribution is 2.48. The smallest absolute Gasteiger partial charge is 0.123 e. The molecule has 0 bridgehead atoms. The van der Waals surface area contributed by atoms with Crippen molar-refractivity contribution in [1.82, 2.24) is 0 Å². The maximum Gasteiger partial charge on any atom is 0.123 e. The van der Waals surface area contributed by atoms with E-state index in [2.05, 4.69) is 6.92 Å². The topological polar surface area (TPSA) is 34.1 Å². The number of hydrogen-bond acceptors (Lipinski definition) is 2. The maximum absolute atomic E-state index is 11.1. The van der Waals surface area contributed by atoms with E-state index in [4.69, 9.17) is 0 Å². The molecule has 2 heteroatoms. The molecule has 176 valence electrons. The van der Waals surface area contributed by atoms with Crippen LogP contribution in [0.5, 0.6) is 0 Å². The second kappa shape index (κ2) is 11.5. The van der Waals surface area contributed by atoms with E-state index in [0.29, 0.717) is 11.8 Å². The summed E-state index contributed by atoms with van der Waals surface area (Å²) in [6.45, 7) is 2.46. The Morgan fingerprint density at radius 3 is 1.06 bits per heavy atom. The standard InChI is InChI=1S/C29H48O2/c1-2-29(27-15-11-25(12-16-27)23-7-3-21(19-30)4-8-23)28-17-13-26(14-18-28)24-9-5-22(20-31)6-10-24/h19-29H,2-18H2,1H3. The summed E-state index contributed by atoms with van der Waals surface area (Å²) in [5.74, 6) is 7.42. The number of carbonyl (C=O) groups is 2. The van der Waals surface area contributed by atoms with Crippen LogP contribution in [0.25, 0.3) is 0 Å². The van der Waals surface area contributed by atoms with E-state index in [-0.39, 0.29) is 0 Å². The molecule has 0 spiro atoms. The van der Waals surface area contributed by atoms with Crippen LogP contribution in [0.1, 0.15) is 116 Å². The average molecular weight is 429 g/mol. The van der Waals surface area contributed by atoms with Crippen LogP contribution in [0.2, 0.25) is 0 Å². The largest absolute Gasteiger partial charge is 0.303 e. The first-order valence-corrected chi connectivity index (χ1v) is 14.1. The van der Waals surface area contributed by atoms with Crippen LogP contribution >= 0.6 is 0 Å². The summed E-state index contributed by atoms with van der Waals surface area (Å²) in [5, 5.41) is 0. The van der Waals surface area contributed by atoms with Crippen LogP contribution in [-0.4, -0.2) is 12.6 Å². The molecule has 0 heterocycles. The molecule has 0 amide bonds. The van der Waals surface area contributed by atoms with Crippen molar-refractivity contribution < 1.29 is 9.59 Å². The Morgan fingerprint density at radius 2 is 0.806 bits per heavy atom. The molecule has 4 rings (SSSR count). The van der Waals surface area contributed by atoms with Crippen molar-refractivity contribution in [3.8, 4) is 0 Å². The lowest BCUT2D eigenvalue weighted by molar-refractivity contribution is -0.113. The summed E-state index contributed by atoms with van der Waals surface area (Å²) in [7, 11) is 0. The normalized spacial score (nSPS) is 43.1. The second-order valence-corrected chi connectivity index (χ2v) is 12.0. The highest BCUT2D eigenvalue weighted by Gasteiger charge is 2.38. The minimum Gasteiger partial charge on any atom is -0.303 e. The van der Waals surface area contributed by atoms with E-state index in [1.807, 2.05) is 0 Å². The van der Waals surface area contributed by atoms with Crippen LogP contribution in [0.4, 0.5) is 0 Å². The van der Waals surface area contributed by atoms with Gasteiger partial charge < -0.3 is 9.59 Å². The Kier molecular flexibility index (Phi) is 8.69. The van der Waals surface area contributed by atoms with Crippen molar-refractivity contribution in [3.63, 3.8) is 0 Å². The lowest BCUT2D eigenvalue weighted by Gasteiger charge is -2.44. The number of hydrogen-bond donors (Lipinski definition) is 0. The molecule has 0 aromatic carbocycles. The molecule has 0 saturated heterocycles. The van der Waals surface area contributed by atoms with Gasteiger partial charge in [-0.2, -0.15) is 0 Å². The zero-order valence-corrected chi connectivity index (χ0v) is 20.2. The van der Waals surface area contributed by atoms with Crippen LogP contribution in [-0.2, 0) is 9.59 Å². The molecule has 4 fully saturated rings. The van der Waals surface area contributed by atoms with Gasteiger partial charge in [0, 0.05) is 11.8 Å². The summed E-state index contributed by atoms with van der Waals surface area (Å²) in [6, 6.07) is 0. The quantitative estimate of drug-likeness (QED) is 0.390. The number of aldehydes is 2. The second-order valence-electron chi connectivity index (χ2n) is 12.0. The first-order chi connectivity index (χ1) is 15.2. The van der Waals surface area contributed by atoms with Gasteiger partial charge in [-0.1, -0.05) is 13.3 Å². The van der Waals surface area contributed by atoms with Crippen molar-refractivity contribution in [2.45, 2.75) is 116 Å². The Labute approximate surface area is 191 Å². The number of rotatable bonds is 7. The third kappa shape index (κ3) is 5.83. The lowest BCUT2D eigenvalue weighted by atomic mass is 9.62. The fourth-order valence-corrected chi connectivity index (χ4v) is 8.65. The Bertz CT molecular complexity index is 491. The first kappa shape index (κ1) is 23.5. The van der Waals surface area contributed by atoms with E-state index in [9.17, 15) is 9.59 Å². The third-order valence-electron chi connectivity index (χ3n) is 10.7. The van der Waals surface area contributed by atoms with Gasteiger partial charge >= 0.3 is 0 Å². The average Bonchev–Trinajstić information content (AvgIpc) is 2.85. The fraction of sp³-hybridized carbons (Fsp3) is 0.931. The number of carbonyl (C=O) groups excluding carboxylic acids is 2. The van der Waals surface area contributed by atoms with Crippen molar-refractivity contribution >= 4 is 12.6 Å². The molecule has 4 aliphatic rings. The summed E-state index contributed by atoms with van der Waals surface area (Å²) >= 11 is 0. The van der Waals surface area contributed by atoms with Gasteiger partial charge in [-0.3, -0.25) is 0 Å². The molecular formula is C29H48O2. The fourth-order valence-electron chi connectivity index (χ4n) is 8.65. The maximum atomic E-state index is 11.1. The molecule has 0 radical (unpaired) electrons. The minimum absolute atomic E-state index is 0.368. The first-order valence-electron chi connectivity index (χ1n) is 14.1. The summed E-state index contributed by atoms with van der Waals surface area (Å²) < 4.78 is 0. The zero-order valence-electron chi connectivity index (χ0n) is 20.2. The summed E-state index contributed by atoms with van der Waals surface area (Å²) in [5.41, 5.74) is 0. The van der Waals surface area contributed by atoms with Crippen molar-refractivity contribution in [1.29, 1.82) is 0 Å². The van der Waals surface area contributed by atoms with Gasteiger partial charge in [-0.15, -0.1) is 0 Å². The van der Waals surface area contributed by atoms with E-state index in [1.165, 1.54) is 96.0 Å². The van der Waals surface area contributed by atoms with Gasteiger partial charge in [-0.05, 0) is 144 Å². The van der Waals surface area contributed by atoms with E-state index in [0.717, 1.165) is 67.1 Å². The highest BCUT2D eigenvalue weighted by molar-refractivity contribution is 5.53. The molecule has 2 nitrogen and oxygen atoms in total. The summed E-state index contributed by atoms with van der Waals surface area (Å²) in [6.07, 6.45) is 25.5. The predicted octanol–water partition coefficient (Wildman–Crippen LogP) is 7.64.